The van der Waals surface area contributed by atoms with Gasteiger partial charge in [-0.1, -0.05) is 55.3 Å². The van der Waals surface area contributed by atoms with Crippen molar-refractivity contribution in [1.29, 1.82) is 0 Å². The minimum atomic E-state index is 0.0739. The third-order valence-electron chi connectivity index (χ3n) is 4.34. The molecule has 0 N–H and O–H groups in total. The van der Waals surface area contributed by atoms with Crippen LogP contribution in [0.1, 0.15) is 47.0 Å². The van der Waals surface area contributed by atoms with Crippen molar-refractivity contribution in [2.24, 2.45) is 16.3 Å². The zero-order chi connectivity index (χ0) is 15.5. The van der Waals surface area contributed by atoms with Crippen LogP contribution < -0.4 is 0 Å². The van der Waals surface area contributed by atoms with Crippen molar-refractivity contribution >= 4 is 11.9 Å². The molecule has 1 aromatic carbocycles. The van der Waals surface area contributed by atoms with E-state index in [4.69, 9.17) is 0 Å². The third-order valence-corrected chi connectivity index (χ3v) is 4.34. The molecule has 1 aliphatic rings. The number of allylic oxidation sites excluding steroid dienone is 3. The summed E-state index contributed by atoms with van der Waals surface area (Å²) in [6.07, 6.45) is 5.64. The first-order chi connectivity index (χ1) is 9.89. The number of hydrogen-bond acceptors (Lipinski definition) is 1. The van der Waals surface area contributed by atoms with Gasteiger partial charge in [-0.05, 0) is 45.2 Å². The number of benzene rings is 1. The first-order valence-corrected chi connectivity index (χ1v) is 7.83. The molecule has 1 heteroatoms. The predicted molar refractivity (Wildman–Crippen MR) is 93.2 cm³/mol. The predicted octanol–water partition coefficient (Wildman–Crippen LogP) is 6.11. The molecular formula is C20H27N. The lowest BCUT2D eigenvalue weighted by molar-refractivity contribution is 0.501. The highest BCUT2D eigenvalue weighted by molar-refractivity contribution is 5.69. The van der Waals surface area contributed by atoms with Crippen molar-refractivity contribution in [3.63, 3.8) is 0 Å². The van der Waals surface area contributed by atoms with Gasteiger partial charge in [0.05, 0.1) is 5.69 Å². The Labute approximate surface area is 129 Å². The van der Waals surface area contributed by atoms with Crippen LogP contribution in [-0.2, 0) is 0 Å². The largest absolute Gasteiger partial charge is 0.261 e. The van der Waals surface area contributed by atoms with Crippen molar-refractivity contribution in [3.05, 3.63) is 53.6 Å². The molecule has 0 aliphatic heterocycles. The van der Waals surface area contributed by atoms with E-state index in [9.17, 15) is 0 Å². The summed E-state index contributed by atoms with van der Waals surface area (Å²) in [5.41, 5.74) is 5.55. The van der Waals surface area contributed by atoms with Crippen molar-refractivity contribution in [2.75, 3.05) is 0 Å². The van der Waals surface area contributed by atoms with Crippen LogP contribution in [0.5, 0.6) is 0 Å². The standard InChI is InChI=1S/C20H27N/c1-15(2)18-12-11-16(3)19(18)13-20(4,5)14-21-17-9-7-6-8-10-17/h6-10,14,18H,1,11-13H2,2-5H3. The Hall–Kier alpha value is -1.63. The summed E-state index contributed by atoms with van der Waals surface area (Å²) in [5, 5.41) is 0. The van der Waals surface area contributed by atoms with E-state index in [0.717, 1.165) is 12.1 Å². The van der Waals surface area contributed by atoms with Crippen LogP contribution in [-0.4, -0.2) is 6.21 Å². The Kier molecular flexibility index (Phi) is 4.82. The van der Waals surface area contributed by atoms with E-state index in [1.807, 2.05) is 30.3 Å². The molecule has 0 saturated heterocycles. The van der Waals surface area contributed by atoms with E-state index < -0.39 is 0 Å². The molecule has 1 unspecified atom stereocenters. The zero-order valence-electron chi connectivity index (χ0n) is 13.8. The second-order valence-corrected chi connectivity index (χ2v) is 7.00. The van der Waals surface area contributed by atoms with Gasteiger partial charge in [0.1, 0.15) is 0 Å². The summed E-state index contributed by atoms with van der Waals surface area (Å²) >= 11 is 0. The molecule has 0 radical (unpaired) electrons. The summed E-state index contributed by atoms with van der Waals surface area (Å²) in [4.78, 5) is 4.64. The maximum Gasteiger partial charge on any atom is 0.0625 e. The molecule has 1 aliphatic carbocycles. The zero-order valence-corrected chi connectivity index (χ0v) is 13.8. The van der Waals surface area contributed by atoms with Crippen LogP contribution >= 0.6 is 0 Å². The fourth-order valence-electron chi connectivity index (χ4n) is 3.11. The quantitative estimate of drug-likeness (QED) is 0.456. The molecule has 21 heavy (non-hydrogen) atoms. The molecule has 0 fully saturated rings. The maximum absolute atomic E-state index is 4.64. The van der Waals surface area contributed by atoms with Gasteiger partial charge < -0.3 is 0 Å². The lowest BCUT2D eigenvalue weighted by Crippen LogP contribution is -2.17. The molecule has 112 valence electrons. The van der Waals surface area contributed by atoms with Crippen LogP contribution in [0.2, 0.25) is 0 Å². The molecule has 0 amide bonds. The molecule has 0 heterocycles. The van der Waals surface area contributed by atoms with Crippen molar-refractivity contribution in [2.45, 2.75) is 47.0 Å². The Morgan fingerprint density at radius 3 is 2.62 bits per heavy atom. The van der Waals surface area contributed by atoms with E-state index in [1.165, 1.54) is 18.4 Å². The van der Waals surface area contributed by atoms with Gasteiger partial charge in [0.15, 0.2) is 0 Å². The topological polar surface area (TPSA) is 12.4 Å². The van der Waals surface area contributed by atoms with E-state index in [2.05, 4.69) is 45.5 Å². The summed E-state index contributed by atoms with van der Waals surface area (Å²) in [7, 11) is 0. The average Bonchev–Trinajstić information content (AvgIpc) is 2.79. The molecule has 1 nitrogen and oxygen atoms in total. The Bertz CT molecular complexity index is 561. The molecule has 0 spiro atoms. The van der Waals surface area contributed by atoms with Crippen molar-refractivity contribution in [3.8, 4) is 0 Å². The Balaban J connectivity index is 2.12. The lowest BCUT2D eigenvalue weighted by atomic mass is 9.80. The summed E-state index contributed by atoms with van der Waals surface area (Å²) < 4.78 is 0. The second-order valence-electron chi connectivity index (χ2n) is 7.00. The minimum Gasteiger partial charge on any atom is -0.261 e. The average molecular weight is 281 g/mol. The van der Waals surface area contributed by atoms with Gasteiger partial charge >= 0.3 is 0 Å². The fourth-order valence-corrected chi connectivity index (χ4v) is 3.11. The van der Waals surface area contributed by atoms with Gasteiger partial charge in [-0.15, -0.1) is 0 Å². The molecule has 0 bridgehead atoms. The highest BCUT2D eigenvalue weighted by Gasteiger charge is 2.28. The molecule has 1 atom stereocenters. The van der Waals surface area contributed by atoms with Gasteiger partial charge in [-0.2, -0.15) is 0 Å². The first-order valence-electron chi connectivity index (χ1n) is 7.83. The van der Waals surface area contributed by atoms with Crippen LogP contribution in [0.3, 0.4) is 0 Å². The minimum absolute atomic E-state index is 0.0739. The molecule has 2 rings (SSSR count). The fraction of sp³-hybridized carbons (Fsp3) is 0.450. The van der Waals surface area contributed by atoms with E-state index in [1.54, 1.807) is 11.1 Å². The summed E-state index contributed by atoms with van der Waals surface area (Å²) in [6.45, 7) is 13.2. The van der Waals surface area contributed by atoms with E-state index >= 15 is 0 Å². The molecule has 0 saturated carbocycles. The van der Waals surface area contributed by atoms with Crippen LogP contribution in [0.25, 0.3) is 0 Å². The molecule has 1 aromatic rings. The van der Waals surface area contributed by atoms with Gasteiger partial charge in [-0.25, -0.2) is 0 Å². The van der Waals surface area contributed by atoms with Gasteiger partial charge in [0, 0.05) is 17.5 Å². The number of rotatable bonds is 5. The summed E-state index contributed by atoms with van der Waals surface area (Å²) in [6, 6.07) is 10.2. The third kappa shape index (κ3) is 4.17. The second kappa shape index (κ2) is 6.43. The normalized spacial score (nSPS) is 19.5. The molecular weight excluding hydrogens is 254 g/mol. The summed E-state index contributed by atoms with van der Waals surface area (Å²) in [5.74, 6) is 0.578. The first kappa shape index (κ1) is 15.8. The van der Waals surface area contributed by atoms with Crippen LogP contribution in [0.15, 0.2) is 58.6 Å². The lowest BCUT2D eigenvalue weighted by Gasteiger charge is -2.25. The Morgan fingerprint density at radius 1 is 1.33 bits per heavy atom. The number of aliphatic imine (C=N–C) groups is 1. The highest BCUT2D eigenvalue weighted by atomic mass is 14.7. The van der Waals surface area contributed by atoms with Crippen molar-refractivity contribution < 1.29 is 0 Å². The SMILES string of the molecule is C=C(C)C1CCC(C)=C1CC(C)(C)C=Nc1ccccc1. The number of nitrogens with zero attached hydrogens (tertiary/aromatic N) is 1. The van der Waals surface area contributed by atoms with Gasteiger partial charge in [0.2, 0.25) is 0 Å². The Morgan fingerprint density at radius 2 is 2.00 bits per heavy atom. The van der Waals surface area contributed by atoms with Crippen molar-refractivity contribution in [1.82, 2.24) is 0 Å². The maximum atomic E-state index is 4.64. The van der Waals surface area contributed by atoms with Crippen LogP contribution in [0.4, 0.5) is 5.69 Å². The monoisotopic (exact) mass is 281 g/mol. The number of para-hydroxylation sites is 1. The van der Waals surface area contributed by atoms with E-state index in [0.29, 0.717) is 5.92 Å². The number of hydrogen-bond donors (Lipinski definition) is 0. The van der Waals surface area contributed by atoms with Gasteiger partial charge in [-0.3, -0.25) is 4.99 Å². The smallest absolute Gasteiger partial charge is 0.0625 e. The molecule has 0 aromatic heterocycles. The van der Waals surface area contributed by atoms with Gasteiger partial charge in [0.25, 0.3) is 0 Å². The van der Waals surface area contributed by atoms with E-state index in [-0.39, 0.29) is 5.41 Å². The van der Waals surface area contributed by atoms with Crippen LogP contribution in [0, 0.1) is 11.3 Å². The highest BCUT2D eigenvalue weighted by Crippen LogP contribution is 2.41.